The summed E-state index contributed by atoms with van der Waals surface area (Å²) in [4.78, 5) is 24.1. The number of hydrogen-bond donors (Lipinski definition) is 1. The molecule has 1 aromatic carbocycles. The maximum atomic E-state index is 12.0. The molecule has 1 aliphatic rings. The number of benzene rings is 1. The summed E-state index contributed by atoms with van der Waals surface area (Å²) in [6.45, 7) is 4.31. The molecule has 0 bridgehead atoms. The molecule has 1 heterocycles. The lowest BCUT2D eigenvalue weighted by Gasteiger charge is -2.46. The lowest BCUT2D eigenvalue weighted by Crippen LogP contribution is -2.63. The molecular weight excluding hydrogens is 270 g/mol. The van der Waals surface area contributed by atoms with E-state index >= 15 is 0 Å². The molecule has 2 rings (SSSR count). The SMILES string of the molecule is Cc1ccc(/C=C/C(=O)N2CC(C)(OCC(=O)O)C2)cc1. The van der Waals surface area contributed by atoms with Crippen LogP contribution in [-0.4, -0.2) is 47.2 Å². The van der Waals surface area contributed by atoms with Gasteiger partial charge in [0.1, 0.15) is 12.2 Å². The Labute approximate surface area is 123 Å². The monoisotopic (exact) mass is 289 g/mol. The molecule has 21 heavy (non-hydrogen) atoms. The van der Waals surface area contributed by atoms with Crippen molar-refractivity contribution >= 4 is 18.0 Å². The summed E-state index contributed by atoms with van der Waals surface area (Å²) in [5, 5.41) is 8.58. The number of carboxylic acid groups (broad SMARTS) is 1. The van der Waals surface area contributed by atoms with Gasteiger partial charge in [0, 0.05) is 6.08 Å². The first-order valence-electron chi connectivity index (χ1n) is 6.77. The molecule has 0 radical (unpaired) electrons. The fourth-order valence-corrected chi connectivity index (χ4v) is 2.19. The zero-order chi connectivity index (χ0) is 15.5. The van der Waals surface area contributed by atoms with Crippen LogP contribution < -0.4 is 0 Å². The minimum Gasteiger partial charge on any atom is -0.480 e. The Morgan fingerprint density at radius 2 is 1.95 bits per heavy atom. The number of carbonyl (C=O) groups excluding carboxylic acids is 1. The summed E-state index contributed by atoms with van der Waals surface area (Å²) < 4.78 is 5.27. The average molecular weight is 289 g/mol. The summed E-state index contributed by atoms with van der Waals surface area (Å²) in [5.41, 5.74) is 1.60. The summed E-state index contributed by atoms with van der Waals surface area (Å²) in [6, 6.07) is 7.89. The summed E-state index contributed by atoms with van der Waals surface area (Å²) in [7, 11) is 0. The first-order valence-corrected chi connectivity index (χ1v) is 6.77. The van der Waals surface area contributed by atoms with E-state index in [1.807, 2.05) is 38.1 Å². The zero-order valence-electron chi connectivity index (χ0n) is 12.2. The molecule has 1 saturated heterocycles. The molecule has 0 aromatic heterocycles. The van der Waals surface area contributed by atoms with Crippen molar-refractivity contribution in [3.8, 4) is 0 Å². The van der Waals surface area contributed by atoms with E-state index in [2.05, 4.69) is 0 Å². The van der Waals surface area contributed by atoms with E-state index in [1.54, 1.807) is 11.0 Å². The smallest absolute Gasteiger partial charge is 0.329 e. The van der Waals surface area contributed by atoms with Crippen LogP contribution in [0.4, 0.5) is 0 Å². The van der Waals surface area contributed by atoms with Gasteiger partial charge in [-0.3, -0.25) is 4.79 Å². The van der Waals surface area contributed by atoms with Crippen molar-refractivity contribution in [2.75, 3.05) is 19.7 Å². The van der Waals surface area contributed by atoms with Crippen LogP contribution in [0.15, 0.2) is 30.3 Å². The lowest BCUT2D eigenvalue weighted by atomic mass is 9.96. The summed E-state index contributed by atoms with van der Waals surface area (Å²) in [6.07, 6.45) is 3.30. The Morgan fingerprint density at radius 3 is 2.52 bits per heavy atom. The van der Waals surface area contributed by atoms with Crippen molar-refractivity contribution in [2.24, 2.45) is 0 Å². The Balaban J connectivity index is 1.83. The maximum Gasteiger partial charge on any atom is 0.329 e. The van der Waals surface area contributed by atoms with E-state index < -0.39 is 11.6 Å². The quantitative estimate of drug-likeness (QED) is 0.838. The Kier molecular flexibility index (Phi) is 4.43. The van der Waals surface area contributed by atoms with E-state index in [1.165, 1.54) is 11.6 Å². The number of hydrogen-bond acceptors (Lipinski definition) is 3. The molecule has 1 N–H and O–H groups in total. The first-order chi connectivity index (χ1) is 9.88. The topological polar surface area (TPSA) is 66.8 Å². The van der Waals surface area contributed by atoms with Crippen LogP contribution in [0, 0.1) is 6.92 Å². The van der Waals surface area contributed by atoms with Gasteiger partial charge in [0.2, 0.25) is 5.91 Å². The highest BCUT2D eigenvalue weighted by atomic mass is 16.5. The average Bonchev–Trinajstić information content (AvgIpc) is 2.41. The normalized spacial score (nSPS) is 16.8. The van der Waals surface area contributed by atoms with E-state index in [9.17, 15) is 9.59 Å². The number of carbonyl (C=O) groups is 2. The summed E-state index contributed by atoms with van der Waals surface area (Å²) >= 11 is 0. The molecule has 0 spiro atoms. The molecule has 0 saturated carbocycles. The molecule has 112 valence electrons. The van der Waals surface area contributed by atoms with Gasteiger partial charge in [-0.25, -0.2) is 4.79 Å². The predicted molar refractivity (Wildman–Crippen MR) is 78.8 cm³/mol. The number of likely N-dealkylation sites (tertiary alicyclic amines) is 1. The van der Waals surface area contributed by atoms with Gasteiger partial charge in [-0.1, -0.05) is 29.8 Å². The van der Waals surface area contributed by atoms with Gasteiger partial charge in [0.15, 0.2) is 0 Å². The van der Waals surface area contributed by atoms with E-state index in [4.69, 9.17) is 9.84 Å². The molecule has 0 unspecified atom stereocenters. The molecule has 0 aliphatic carbocycles. The van der Waals surface area contributed by atoms with Crippen molar-refractivity contribution in [1.29, 1.82) is 0 Å². The van der Waals surface area contributed by atoms with Crippen LogP contribution in [0.25, 0.3) is 6.08 Å². The van der Waals surface area contributed by atoms with Crippen molar-refractivity contribution in [3.05, 3.63) is 41.5 Å². The molecule has 1 aliphatic heterocycles. The van der Waals surface area contributed by atoms with E-state index in [-0.39, 0.29) is 12.5 Å². The van der Waals surface area contributed by atoms with E-state index in [0.29, 0.717) is 13.1 Å². The number of ether oxygens (including phenoxy) is 1. The third-order valence-electron chi connectivity index (χ3n) is 3.40. The standard InChI is InChI=1S/C16H19NO4/c1-12-3-5-13(6-4-12)7-8-14(18)17-10-16(2,11-17)21-9-15(19)20/h3-8H,9-11H2,1-2H3,(H,19,20)/b8-7+. The van der Waals surface area contributed by atoms with Crippen molar-refractivity contribution in [1.82, 2.24) is 4.90 Å². The first kappa shape index (κ1) is 15.3. The predicted octanol–water partition coefficient (Wildman–Crippen LogP) is 1.71. The number of aryl methyl sites for hydroxylation is 1. The van der Waals surface area contributed by atoms with Crippen LogP contribution in [-0.2, 0) is 14.3 Å². The van der Waals surface area contributed by atoms with Crippen LogP contribution >= 0.6 is 0 Å². The fourth-order valence-electron chi connectivity index (χ4n) is 2.19. The molecule has 1 aromatic rings. The molecule has 5 heteroatoms. The van der Waals surface area contributed by atoms with Crippen LogP contribution in [0.5, 0.6) is 0 Å². The van der Waals surface area contributed by atoms with Gasteiger partial charge in [-0.2, -0.15) is 0 Å². The highest BCUT2D eigenvalue weighted by Crippen LogP contribution is 2.24. The Morgan fingerprint density at radius 1 is 1.33 bits per heavy atom. The molecule has 5 nitrogen and oxygen atoms in total. The van der Waals surface area contributed by atoms with Gasteiger partial charge in [-0.15, -0.1) is 0 Å². The zero-order valence-corrected chi connectivity index (χ0v) is 12.2. The van der Waals surface area contributed by atoms with Crippen molar-refractivity contribution in [3.63, 3.8) is 0 Å². The van der Waals surface area contributed by atoms with Crippen LogP contribution in [0.1, 0.15) is 18.1 Å². The van der Waals surface area contributed by atoms with Gasteiger partial charge in [0.25, 0.3) is 0 Å². The second-order valence-corrected chi connectivity index (χ2v) is 5.57. The molecule has 1 fully saturated rings. The number of rotatable bonds is 5. The number of carboxylic acids is 1. The molecule has 0 atom stereocenters. The highest BCUT2D eigenvalue weighted by Gasteiger charge is 2.42. The Hall–Kier alpha value is -2.14. The molecular formula is C16H19NO4. The second kappa shape index (κ2) is 6.10. The summed E-state index contributed by atoms with van der Waals surface area (Å²) in [5.74, 6) is -1.09. The number of nitrogens with zero attached hydrogens (tertiary/aromatic N) is 1. The fraction of sp³-hybridized carbons (Fsp3) is 0.375. The van der Waals surface area contributed by atoms with Crippen molar-refractivity contribution < 1.29 is 19.4 Å². The van der Waals surface area contributed by atoms with Gasteiger partial charge < -0.3 is 14.7 Å². The third-order valence-corrected chi connectivity index (χ3v) is 3.40. The van der Waals surface area contributed by atoms with Gasteiger partial charge >= 0.3 is 5.97 Å². The third kappa shape index (κ3) is 4.16. The van der Waals surface area contributed by atoms with Crippen LogP contribution in [0.3, 0.4) is 0 Å². The van der Waals surface area contributed by atoms with Gasteiger partial charge in [0.05, 0.1) is 13.1 Å². The number of amides is 1. The van der Waals surface area contributed by atoms with Gasteiger partial charge in [-0.05, 0) is 25.5 Å². The maximum absolute atomic E-state index is 12.0. The lowest BCUT2D eigenvalue weighted by molar-refractivity contribution is -0.170. The number of aliphatic carboxylic acids is 1. The van der Waals surface area contributed by atoms with Crippen LogP contribution in [0.2, 0.25) is 0 Å². The Bertz CT molecular complexity index is 556. The second-order valence-electron chi connectivity index (χ2n) is 5.57. The largest absolute Gasteiger partial charge is 0.480 e. The van der Waals surface area contributed by atoms with E-state index in [0.717, 1.165) is 5.56 Å². The minimum absolute atomic E-state index is 0.0908. The van der Waals surface area contributed by atoms with Crippen molar-refractivity contribution in [2.45, 2.75) is 19.4 Å². The molecule has 1 amide bonds. The highest BCUT2D eigenvalue weighted by molar-refractivity contribution is 5.92. The minimum atomic E-state index is -1.000.